The SMILES string of the molecule is COC1CC(C2OC(CCC3CCC(O)C(OCO)C3)CC(O)C2CCO)CC(OCC2[NH2+]C(C)CCC23C(C(=O)[O-])C=CC3C2CC[NH2+]C(N)C2)C1O. The number of quaternary nitrogens is 2. The lowest BCUT2D eigenvalue weighted by atomic mass is 9.57. The molecule has 11 N–H and O–H groups in total. The first-order chi connectivity index (χ1) is 26.0. The van der Waals surface area contributed by atoms with Gasteiger partial charge >= 0.3 is 0 Å². The van der Waals surface area contributed by atoms with E-state index in [4.69, 9.17) is 24.7 Å². The fraction of sp³-hybridized carbons (Fsp3) is 0.925. The highest BCUT2D eigenvalue weighted by molar-refractivity contribution is 5.72. The van der Waals surface area contributed by atoms with Gasteiger partial charge in [0.2, 0.25) is 0 Å². The van der Waals surface area contributed by atoms with Crippen LogP contribution in [0.5, 0.6) is 0 Å². The van der Waals surface area contributed by atoms with E-state index in [0.29, 0.717) is 44.4 Å². The van der Waals surface area contributed by atoms with Crippen molar-refractivity contribution in [3.8, 4) is 0 Å². The quantitative estimate of drug-likeness (QED) is 0.0699. The number of carboxylic acid groups (broad SMARTS) is 1. The molecule has 14 heteroatoms. The van der Waals surface area contributed by atoms with Crippen LogP contribution in [0.2, 0.25) is 0 Å². The number of hydrogen-bond donors (Lipinski definition) is 8. The molecule has 3 aliphatic carbocycles. The van der Waals surface area contributed by atoms with Crippen molar-refractivity contribution in [2.45, 2.75) is 157 Å². The minimum atomic E-state index is -1.05. The van der Waals surface area contributed by atoms with Crippen LogP contribution < -0.4 is 21.5 Å². The van der Waals surface area contributed by atoms with Gasteiger partial charge in [0.1, 0.15) is 25.1 Å². The van der Waals surface area contributed by atoms with Crippen molar-refractivity contribution < 1.29 is 65.0 Å². The van der Waals surface area contributed by atoms with E-state index in [0.717, 1.165) is 51.5 Å². The second-order valence-corrected chi connectivity index (χ2v) is 17.8. The van der Waals surface area contributed by atoms with Gasteiger partial charge in [0, 0.05) is 49.8 Å². The maximum absolute atomic E-state index is 12.8. The lowest BCUT2D eigenvalue weighted by Gasteiger charge is -2.52. The highest BCUT2D eigenvalue weighted by Crippen LogP contribution is 2.54. The van der Waals surface area contributed by atoms with E-state index in [1.165, 1.54) is 0 Å². The Morgan fingerprint density at radius 2 is 1.72 bits per heavy atom. The Morgan fingerprint density at radius 3 is 2.44 bits per heavy atom. The van der Waals surface area contributed by atoms with Gasteiger partial charge in [-0.3, -0.25) is 5.73 Å². The summed E-state index contributed by atoms with van der Waals surface area (Å²) >= 11 is 0. The van der Waals surface area contributed by atoms with Gasteiger partial charge in [-0.05, 0) is 101 Å². The number of aliphatic hydroxyl groups is 5. The number of piperidine rings is 2. The molecule has 54 heavy (non-hydrogen) atoms. The summed E-state index contributed by atoms with van der Waals surface area (Å²) in [6.07, 6.45) is 8.70. The molecule has 18 unspecified atom stereocenters. The number of aliphatic carboxylic acids is 1. The van der Waals surface area contributed by atoms with Crippen LogP contribution in [-0.2, 0) is 23.7 Å². The van der Waals surface area contributed by atoms with Crippen LogP contribution in [0, 0.1) is 40.9 Å². The number of methoxy groups -OCH3 is 1. The molecule has 14 nitrogen and oxygen atoms in total. The summed E-state index contributed by atoms with van der Waals surface area (Å²) in [6, 6.07) is 0.105. The normalized spacial score (nSPS) is 47.2. The van der Waals surface area contributed by atoms with E-state index < -0.39 is 54.6 Å². The van der Waals surface area contributed by atoms with E-state index in [9.17, 15) is 35.4 Å². The number of hydrogen-bond acceptors (Lipinski definition) is 12. The Balaban J connectivity index is 1.17. The number of carbonyl (C=O) groups is 1. The summed E-state index contributed by atoms with van der Waals surface area (Å²) in [6.45, 7) is 2.84. The Hall–Kier alpha value is -1.27. The summed E-state index contributed by atoms with van der Waals surface area (Å²) in [4.78, 5) is 12.8. The fourth-order valence-electron chi connectivity index (χ4n) is 11.9. The number of ether oxygens (including phenoxy) is 4. The Kier molecular flexibility index (Phi) is 14.9. The lowest BCUT2D eigenvalue weighted by Crippen LogP contribution is -3.01. The van der Waals surface area contributed by atoms with Crippen LogP contribution in [0.1, 0.15) is 90.4 Å². The summed E-state index contributed by atoms with van der Waals surface area (Å²) in [5.41, 5.74) is 5.82. The van der Waals surface area contributed by atoms with Gasteiger partial charge in [-0.15, -0.1) is 0 Å². The molecule has 2 saturated carbocycles. The van der Waals surface area contributed by atoms with Gasteiger partial charge in [0.25, 0.3) is 0 Å². The van der Waals surface area contributed by atoms with Gasteiger partial charge < -0.3 is 65.0 Å². The van der Waals surface area contributed by atoms with E-state index in [2.05, 4.69) is 23.6 Å². The molecule has 1 spiro atoms. The lowest BCUT2D eigenvalue weighted by molar-refractivity contribution is -0.746. The molecule has 310 valence electrons. The second kappa shape index (κ2) is 19.0. The highest BCUT2D eigenvalue weighted by Gasteiger charge is 2.59. The molecular weight excluding hydrogens is 698 g/mol. The van der Waals surface area contributed by atoms with Crippen molar-refractivity contribution in [1.29, 1.82) is 0 Å². The van der Waals surface area contributed by atoms with Gasteiger partial charge in [0.15, 0.2) is 0 Å². The van der Waals surface area contributed by atoms with E-state index >= 15 is 0 Å². The zero-order valence-corrected chi connectivity index (χ0v) is 32.4. The summed E-state index contributed by atoms with van der Waals surface area (Å²) in [5.74, 6) is -1.59. The third-order valence-electron chi connectivity index (χ3n) is 14.7. The van der Waals surface area contributed by atoms with Crippen molar-refractivity contribution in [2.75, 3.05) is 33.7 Å². The fourth-order valence-corrected chi connectivity index (χ4v) is 11.9. The van der Waals surface area contributed by atoms with Crippen LogP contribution in [0.4, 0.5) is 0 Å². The minimum Gasteiger partial charge on any atom is -0.549 e. The molecule has 0 radical (unpaired) electrons. The van der Waals surface area contributed by atoms with Crippen LogP contribution in [0.25, 0.3) is 0 Å². The molecule has 6 aliphatic rings. The maximum Gasteiger partial charge on any atom is 0.144 e. The molecule has 5 fully saturated rings. The Bertz CT molecular complexity index is 1230. The standard InChI is InChI=1S/C40H69N3O11/c1-22-9-12-40(28(6-7-29(40)39(49)50)24-10-13-42-36(41)18-24)35(43-22)20-52-34-17-25(16-33(51-2)37(34)48)38-27(11-14-44)31(47)19-26(54-38)5-3-23-4-8-30(46)32(15-23)53-21-45/h6-7,22-38,42-48H,3-5,8-21,41H2,1-2H3,(H,49,50)/p+1. The monoisotopic (exact) mass is 769 g/mol. The minimum absolute atomic E-state index is 0.00687. The van der Waals surface area contributed by atoms with Crippen molar-refractivity contribution >= 4 is 5.97 Å². The van der Waals surface area contributed by atoms with Crippen molar-refractivity contribution in [3.63, 3.8) is 0 Å². The van der Waals surface area contributed by atoms with Gasteiger partial charge in [-0.1, -0.05) is 12.2 Å². The third-order valence-corrected chi connectivity index (χ3v) is 14.7. The number of allylic oxidation sites excluding steroid dienone is 1. The van der Waals surface area contributed by atoms with E-state index in [1.807, 2.05) is 6.08 Å². The molecule has 6 rings (SSSR count). The number of carbonyl (C=O) groups excluding carboxylic acids is 1. The first kappa shape index (κ1) is 42.3. The second-order valence-electron chi connectivity index (χ2n) is 17.8. The Labute approximate surface area is 320 Å². The molecule has 3 saturated heterocycles. The largest absolute Gasteiger partial charge is 0.549 e. The molecular formula is C40H70N3O11+. The average Bonchev–Trinajstić information content (AvgIpc) is 3.54. The molecule has 0 bridgehead atoms. The topological polar surface area (TPSA) is 237 Å². The van der Waals surface area contributed by atoms with E-state index in [-0.39, 0.29) is 73.4 Å². The first-order valence-corrected chi connectivity index (χ1v) is 21.0. The zero-order valence-electron chi connectivity index (χ0n) is 32.4. The van der Waals surface area contributed by atoms with Crippen molar-refractivity contribution in [3.05, 3.63) is 12.2 Å². The molecule has 0 aromatic rings. The van der Waals surface area contributed by atoms with Crippen LogP contribution in [0.15, 0.2) is 12.2 Å². The summed E-state index contributed by atoms with van der Waals surface area (Å²) in [5, 5.41) is 70.0. The highest BCUT2D eigenvalue weighted by atomic mass is 16.6. The molecule has 18 atom stereocenters. The molecule has 0 aromatic heterocycles. The van der Waals surface area contributed by atoms with Gasteiger partial charge in [-0.25, -0.2) is 0 Å². The first-order valence-electron chi connectivity index (χ1n) is 21.0. The van der Waals surface area contributed by atoms with Crippen LogP contribution >= 0.6 is 0 Å². The zero-order chi connectivity index (χ0) is 38.6. The van der Waals surface area contributed by atoms with Crippen LogP contribution in [0.3, 0.4) is 0 Å². The van der Waals surface area contributed by atoms with Gasteiger partial charge in [-0.2, -0.15) is 0 Å². The smallest absolute Gasteiger partial charge is 0.144 e. The molecule has 3 aliphatic heterocycles. The summed E-state index contributed by atoms with van der Waals surface area (Å²) in [7, 11) is 1.59. The molecule has 0 amide bonds. The third kappa shape index (κ3) is 9.21. The molecule has 3 heterocycles. The van der Waals surface area contributed by atoms with Crippen LogP contribution in [-0.4, -0.2) is 132 Å². The number of aliphatic hydroxyl groups excluding tert-OH is 5. The van der Waals surface area contributed by atoms with Gasteiger partial charge in [0.05, 0.1) is 61.9 Å². The maximum atomic E-state index is 12.8. The molecule has 0 aromatic carbocycles. The summed E-state index contributed by atoms with van der Waals surface area (Å²) < 4.78 is 24.9. The van der Waals surface area contributed by atoms with E-state index in [1.54, 1.807) is 7.11 Å². The Morgan fingerprint density at radius 1 is 0.926 bits per heavy atom. The average molecular weight is 769 g/mol. The van der Waals surface area contributed by atoms with Crippen molar-refractivity contribution in [1.82, 2.24) is 0 Å². The number of rotatable bonds is 14. The van der Waals surface area contributed by atoms with Crippen molar-refractivity contribution in [2.24, 2.45) is 46.7 Å². The predicted octanol–water partition coefficient (Wildman–Crippen LogP) is -2.14. The predicted molar refractivity (Wildman–Crippen MR) is 194 cm³/mol. The number of carboxylic acids is 1. The number of nitrogens with two attached hydrogens (primary N) is 3.